The fraction of sp³-hybridized carbons (Fsp3) is 0.0476. The van der Waals surface area contributed by atoms with E-state index < -0.39 is 0 Å². The molecule has 0 aliphatic heterocycles. The Morgan fingerprint density at radius 2 is 1.22 bits per heavy atom. The number of para-hydroxylation sites is 1. The van der Waals surface area contributed by atoms with Crippen molar-refractivity contribution in [3.8, 4) is 0 Å². The Bertz CT molecular complexity index is 857. The minimum atomic E-state index is 0.289. The predicted molar refractivity (Wildman–Crippen MR) is 98.9 cm³/mol. The quantitative estimate of drug-likeness (QED) is 0.453. The second-order valence-electron chi connectivity index (χ2n) is 5.52. The molecule has 0 unspecified atom stereocenters. The highest BCUT2D eigenvalue weighted by molar-refractivity contribution is 8.00. The van der Waals surface area contributed by atoms with Gasteiger partial charge in [-0.25, -0.2) is 0 Å². The summed E-state index contributed by atoms with van der Waals surface area (Å²) in [7, 11) is 0. The Balaban J connectivity index is 1.77. The van der Waals surface area contributed by atoms with Crippen LogP contribution in [0, 0.1) is 0 Å². The molecule has 3 aromatic carbocycles. The summed E-state index contributed by atoms with van der Waals surface area (Å²) in [5, 5.41) is 1.57. The van der Waals surface area contributed by atoms with Crippen LogP contribution in [0.2, 0.25) is 0 Å². The van der Waals surface area contributed by atoms with Crippen molar-refractivity contribution in [3.05, 3.63) is 102 Å². The topological polar surface area (TPSA) is 15.8 Å². The number of benzene rings is 3. The number of rotatable bonds is 4. The molecule has 112 valence electrons. The van der Waals surface area contributed by atoms with E-state index in [0.29, 0.717) is 0 Å². The van der Waals surface area contributed by atoms with Gasteiger partial charge in [0.25, 0.3) is 0 Å². The third kappa shape index (κ3) is 2.90. The van der Waals surface area contributed by atoms with Crippen LogP contribution < -0.4 is 0 Å². The molecule has 0 aliphatic carbocycles. The highest BCUT2D eigenvalue weighted by atomic mass is 32.2. The lowest BCUT2D eigenvalue weighted by Gasteiger charge is -2.17. The van der Waals surface area contributed by atoms with Crippen molar-refractivity contribution in [2.24, 2.45) is 0 Å². The van der Waals surface area contributed by atoms with Crippen molar-refractivity contribution in [3.63, 3.8) is 0 Å². The molecule has 1 aromatic heterocycles. The van der Waals surface area contributed by atoms with E-state index in [2.05, 4.69) is 96.1 Å². The van der Waals surface area contributed by atoms with E-state index in [-0.39, 0.29) is 5.25 Å². The molecule has 23 heavy (non-hydrogen) atoms. The maximum atomic E-state index is 3.38. The first-order valence-corrected chi connectivity index (χ1v) is 8.62. The summed E-state index contributed by atoms with van der Waals surface area (Å²) in [5.41, 5.74) is 3.85. The van der Waals surface area contributed by atoms with Gasteiger partial charge in [0.15, 0.2) is 0 Å². The van der Waals surface area contributed by atoms with Crippen molar-refractivity contribution >= 4 is 22.7 Å². The Morgan fingerprint density at radius 3 is 1.87 bits per heavy atom. The minimum Gasteiger partial charge on any atom is -0.360 e. The molecule has 4 rings (SSSR count). The van der Waals surface area contributed by atoms with E-state index in [4.69, 9.17) is 0 Å². The van der Waals surface area contributed by atoms with Gasteiger partial charge >= 0.3 is 0 Å². The number of fused-ring (bicyclic) bond motifs is 1. The van der Waals surface area contributed by atoms with E-state index in [1.807, 2.05) is 11.8 Å². The molecule has 0 bridgehead atoms. The van der Waals surface area contributed by atoms with E-state index in [1.54, 1.807) is 0 Å². The highest BCUT2D eigenvalue weighted by Gasteiger charge is 2.17. The van der Waals surface area contributed by atoms with Gasteiger partial charge in [-0.2, -0.15) is 0 Å². The predicted octanol–water partition coefficient (Wildman–Crippen LogP) is 6.05. The fourth-order valence-electron chi connectivity index (χ4n) is 2.85. The number of aromatic nitrogens is 1. The summed E-state index contributed by atoms with van der Waals surface area (Å²) in [4.78, 5) is 4.67. The van der Waals surface area contributed by atoms with Crippen molar-refractivity contribution < 1.29 is 0 Å². The lowest BCUT2D eigenvalue weighted by atomic mass is 10.0. The van der Waals surface area contributed by atoms with E-state index in [0.717, 1.165) is 0 Å². The number of H-pyrrole nitrogens is 1. The molecule has 1 N–H and O–H groups in total. The monoisotopic (exact) mass is 315 g/mol. The van der Waals surface area contributed by atoms with Gasteiger partial charge in [0.05, 0.1) is 5.25 Å². The first-order valence-electron chi connectivity index (χ1n) is 7.74. The fourth-order valence-corrected chi connectivity index (χ4v) is 4.13. The van der Waals surface area contributed by atoms with Crippen molar-refractivity contribution in [1.82, 2.24) is 4.98 Å². The number of hydrogen-bond acceptors (Lipinski definition) is 1. The smallest absolute Gasteiger partial charge is 0.0594 e. The average Bonchev–Trinajstić information content (AvgIpc) is 3.04. The molecule has 0 aliphatic rings. The molecular weight excluding hydrogens is 298 g/mol. The van der Waals surface area contributed by atoms with Gasteiger partial charge in [-0.1, -0.05) is 78.9 Å². The van der Waals surface area contributed by atoms with Gasteiger partial charge in [-0.05, 0) is 17.2 Å². The van der Waals surface area contributed by atoms with Crippen LogP contribution in [-0.4, -0.2) is 4.98 Å². The molecule has 0 saturated carbocycles. The molecule has 1 heterocycles. The lowest BCUT2D eigenvalue weighted by molar-refractivity contribution is 1.15. The standard InChI is InChI=1S/C21H17NS/c1-3-9-16(10-4-1)21(17-11-5-2-6-12-17)23-20-15-22-19-14-8-7-13-18(19)20/h1-15,21-22H. The number of aromatic amines is 1. The molecule has 0 atom stereocenters. The van der Waals surface area contributed by atoms with Crippen molar-refractivity contribution in [1.29, 1.82) is 0 Å². The zero-order valence-corrected chi connectivity index (χ0v) is 13.5. The van der Waals surface area contributed by atoms with Gasteiger partial charge in [0.1, 0.15) is 0 Å². The first-order chi connectivity index (χ1) is 11.4. The zero-order valence-electron chi connectivity index (χ0n) is 12.6. The number of hydrogen-bond donors (Lipinski definition) is 1. The van der Waals surface area contributed by atoms with Gasteiger partial charge in [-0.15, -0.1) is 11.8 Å². The first kappa shape index (κ1) is 14.2. The normalized spacial score (nSPS) is 11.2. The molecule has 0 amide bonds. The van der Waals surface area contributed by atoms with Crippen LogP contribution in [0.1, 0.15) is 16.4 Å². The zero-order chi connectivity index (χ0) is 15.5. The Labute approximate surface area is 140 Å². The summed E-state index contributed by atoms with van der Waals surface area (Å²) < 4.78 is 0. The Kier molecular flexibility index (Phi) is 3.91. The lowest BCUT2D eigenvalue weighted by Crippen LogP contribution is -1.96. The number of nitrogens with one attached hydrogen (secondary N) is 1. The van der Waals surface area contributed by atoms with E-state index in [1.165, 1.54) is 26.9 Å². The summed E-state index contributed by atoms with van der Waals surface area (Å²) in [6, 6.07) is 29.9. The van der Waals surface area contributed by atoms with Gasteiger partial charge in [-0.3, -0.25) is 0 Å². The third-order valence-corrected chi connectivity index (χ3v) is 5.37. The molecular formula is C21H17NS. The summed E-state index contributed by atoms with van der Waals surface area (Å²) in [6.07, 6.45) is 2.12. The molecule has 1 nitrogen and oxygen atoms in total. The second-order valence-corrected chi connectivity index (χ2v) is 6.66. The molecule has 2 heteroatoms. The van der Waals surface area contributed by atoms with Gasteiger partial charge in [0.2, 0.25) is 0 Å². The summed E-state index contributed by atoms with van der Waals surface area (Å²) in [5.74, 6) is 0. The van der Waals surface area contributed by atoms with E-state index >= 15 is 0 Å². The van der Waals surface area contributed by atoms with Crippen molar-refractivity contribution in [2.45, 2.75) is 10.1 Å². The van der Waals surface area contributed by atoms with Gasteiger partial charge in [0, 0.05) is 22.0 Å². The number of thioether (sulfide) groups is 1. The maximum absolute atomic E-state index is 3.38. The van der Waals surface area contributed by atoms with Crippen LogP contribution in [0.25, 0.3) is 10.9 Å². The van der Waals surface area contributed by atoms with Crippen LogP contribution >= 0.6 is 11.8 Å². The van der Waals surface area contributed by atoms with Crippen LogP contribution in [0.5, 0.6) is 0 Å². The summed E-state index contributed by atoms with van der Waals surface area (Å²) in [6.45, 7) is 0. The average molecular weight is 315 g/mol. The van der Waals surface area contributed by atoms with Crippen LogP contribution in [0.4, 0.5) is 0 Å². The molecule has 0 saturated heterocycles. The minimum absolute atomic E-state index is 0.289. The summed E-state index contributed by atoms with van der Waals surface area (Å²) >= 11 is 1.90. The molecule has 0 fully saturated rings. The highest BCUT2D eigenvalue weighted by Crippen LogP contribution is 2.42. The SMILES string of the molecule is c1ccc(C(Sc2c[nH]c3ccccc23)c2ccccc2)cc1. The molecule has 0 spiro atoms. The maximum Gasteiger partial charge on any atom is 0.0594 e. The molecule has 4 aromatic rings. The van der Waals surface area contributed by atoms with Crippen molar-refractivity contribution in [2.75, 3.05) is 0 Å². The van der Waals surface area contributed by atoms with Gasteiger partial charge < -0.3 is 4.98 Å². The second kappa shape index (κ2) is 6.35. The van der Waals surface area contributed by atoms with Crippen LogP contribution in [0.3, 0.4) is 0 Å². The van der Waals surface area contributed by atoms with Crippen LogP contribution in [0.15, 0.2) is 96.0 Å². The third-order valence-electron chi connectivity index (χ3n) is 4.00. The largest absolute Gasteiger partial charge is 0.360 e. The molecule has 0 radical (unpaired) electrons. The van der Waals surface area contributed by atoms with Crippen LogP contribution in [-0.2, 0) is 0 Å². The van der Waals surface area contributed by atoms with E-state index in [9.17, 15) is 0 Å². The Morgan fingerprint density at radius 1 is 0.652 bits per heavy atom. The Hall–Kier alpha value is -2.45.